The average molecular weight is 386 g/mol. The number of nitrogens with zero attached hydrogens (tertiary/aromatic N) is 3. The van der Waals surface area contributed by atoms with Crippen LogP contribution in [0.1, 0.15) is 35.7 Å². The number of halogens is 1. The molecule has 0 aliphatic carbocycles. The number of hydrogen-bond acceptors (Lipinski definition) is 4. The third-order valence-electron chi connectivity index (χ3n) is 5.31. The number of aromatic amines is 1. The largest absolute Gasteiger partial charge is 0.338 e. The first kappa shape index (κ1) is 20.2. The molecule has 0 saturated carbocycles. The van der Waals surface area contributed by atoms with Gasteiger partial charge < -0.3 is 14.8 Å². The van der Waals surface area contributed by atoms with Gasteiger partial charge in [0.05, 0.1) is 6.33 Å². The maximum atomic E-state index is 13.3. The van der Waals surface area contributed by atoms with Crippen molar-refractivity contribution < 1.29 is 9.18 Å². The Hall–Kier alpha value is -2.54. The highest BCUT2D eigenvalue weighted by atomic mass is 19.1. The Morgan fingerprint density at radius 3 is 3.04 bits per heavy atom. The van der Waals surface area contributed by atoms with Crippen LogP contribution in [-0.4, -0.2) is 58.4 Å². The van der Waals surface area contributed by atoms with Crippen LogP contribution in [-0.2, 0) is 6.42 Å². The summed E-state index contributed by atoms with van der Waals surface area (Å²) in [6, 6.07) is 6.75. The molecule has 1 amide bonds. The van der Waals surface area contributed by atoms with Gasteiger partial charge >= 0.3 is 0 Å². The van der Waals surface area contributed by atoms with E-state index in [2.05, 4.69) is 14.9 Å². The molecule has 1 aromatic heterocycles. The first-order chi connectivity index (χ1) is 13.6. The summed E-state index contributed by atoms with van der Waals surface area (Å²) < 4.78 is 13.3. The summed E-state index contributed by atoms with van der Waals surface area (Å²) in [6.07, 6.45) is 5.56. The van der Waals surface area contributed by atoms with E-state index in [9.17, 15) is 14.0 Å². The maximum Gasteiger partial charge on any atom is 0.263 e. The summed E-state index contributed by atoms with van der Waals surface area (Å²) in [5.41, 5.74) is 0.685. The van der Waals surface area contributed by atoms with E-state index < -0.39 is 5.56 Å². The van der Waals surface area contributed by atoms with Gasteiger partial charge in [-0.25, -0.2) is 9.37 Å². The summed E-state index contributed by atoms with van der Waals surface area (Å²) in [6.45, 7) is 5.90. The zero-order valence-electron chi connectivity index (χ0n) is 16.2. The third-order valence-corrected chi connectivity index (χ3v) is 5.31. The van der Waals surface area contributed by atoms with Crippen molar-refractivity contribution in [1.82, 2.24) is 19.8 Å². The lowest BCUT2D eigenvalue weighted by Crippen LogP contribution is -2.44. The Bertz CT molecular complexity index is 854. The number of benzene rings is 1. The van der Waals surface area contributed by atoms with E-state index in [0.29, 0.717) is 19.0 Å². The molecule has 28 heavy (non-hydrogen) atoms. The summed E-state index contributed by atoms with van der Waals surface area (Å²) in [5, 5.41) is 0. The van der Waals surface area contributed by atoms with Crippen molar-refractivity contribution >= 4 is 5.91 Å². The molecule has 2 heterocycles. The van der Waals surface area contributed by atoms with Gasteiger partial charge in [-0.3, -0.25) is 9.59 Å². The standard InChI is InChI=1S/C21H27FN4O2/c1-2-26(21(28)19-12-23-15-24-20(19)27)14-17-6-4-9-25(13-17)10-8-16-5-3-7-18(22)11-16/h3,5,7,11-12,15,17H,2,4,6,8-10,13-14H2,1H3,(H,23,24,27)/t17-/m1/s1. The number of H-pyrrole nitrogens is 1. The molecule has 1 saturated heterocycles. The van der Waals surface area contributed by atoms with E-state index in [1.54, 1.807) is 17.0 Å². The number of nitrogens with one attached hydrogen (secondary N) is 1. The predicted molar refractivity (Wildman–Crippen MR) is 106 cm³/mol. The van der Waals surface area contributed by atoms with E-state index in [1.165, 1.54) is 18.6 Å². The molecule has 1 atom stereocenters. The number of likely N-dealkylation sites (tertiary alicyclic amines) is 1. The van der Waals surface area contributed by atoms with Gasteiger partial charge in [0, 0.05) is 32.4 Å². The van der Waals surface area contributed by atoms with Gasteiger partial charge in [0.1, 0.15) is 11.4 Å². The Labute approximate surface area is 164 Å². The monoisotopic (exact) mass is 386 g/mol. The molecule has 6 nitrogen and oxygen atoms in total. The van der Waals surface area contributed by atoms with Crippen LogP contribution in [0.5, 0.6) is 0 Å². The zero-order valence-corrected chi connectivity index (χ0v) is 16.2. The molecule has 0 spiro atoms. The van der Waals surface area contributed by atoms with Crippen LogP contribution in [0.25, 0.3) is 0 Å². The lowest BCUT2D eigenvalue weighted by atomic mass is 9.96. The molecule has 1 aromatic carbocycles. The molecular formula is C21H27FN4O2. The summed E-state index contributed by atoms with van der Waals surface area (Å²) >= 11 is 0. The lowest BCUT2D eigenvalue weighted by Gasteiger charge is -2.35. The molecule has 1 aliphatic rings. The van der Waals surface area contributed by atoms with Crippen LogP contribution < -0.4 is 5.56 Å². The second kappa shape index (κ2) is 9.59. The molecule has 1 aliphatic heterocycles. The van der Waals surface area contributed by atoms with E-state index >= 15 is 0 Å². The Balaban J connectivity index is 1.56. The van der Waals surface area contributed by atoms with E-state index in [4.69, 9.17) is 0 Å². The minimum absolute atomic E-state index is 0.0862. The first-order valence-corrected chi connectivity index (χ1v) is 9.85. The smallest absolute Gasteiger partial charge is 0.263 e. The fraction of sp³-hybridized carbons (Fsp3) is 0.476. The highest BCUT2D eigenvalue weighted by Gasteiger charge is 2.25. The number of rotatable bonds is 7. The Morgan fingerprint density at radius 2 is 2.29 bits per heavy atom. The Morgan fingerprint density at radius 1 is 1.43 bits per heavy atom. The third kappa shape index (κ3) is 5.25. The van der Waals surface area contributed by atoms with Crippen LogP contribution in [0, 0.1) is 11.7 Å². The lowest BCUT2D eigenvalue weighted by molar-refractivity contribution is 0.0688. The van der Waals surface area contributed by atoms with Crippen LogP contribution in [0.15, 0.2) is 41.6 Å². The maximum absolute atomic E-state index is 13.3. The normalized spacial score (nSPS) is 17.4. The zero-order chi connectivity index (χ0) is 19.9. The fourth-order valence-corrected chi connectivity index (χ4v) is 3.82. The molecular weight excluding hydrogens is 359 g/mol. The SMILES string of the molecule is CCN(C[C@@H]1CCCN(CCc2cccc(F)c2)C1)C(=O)c1cnc[nH]c1=O. The summed E-state index contributed by atoms with van der Waals surface area (Å²) in [4.78, 5) is 35.0. The van der Waals surface area contributed by atoms with Gasteiger partial charge in [-0.05, 0) is 56.3 Å². The highest BCUT2D eigenvalue weighted by Crippen LogP contribution is 2.19. The molecule has 2 aromatic rings. The fourth-order valence-electron chi connectivity index (χ4n) is 3.82. The predicted octanol–water partition coefficient (Wildman–Crippen LogP) is 2.33. The molecule has 0 radical (unpaired) electrons. The number of piperidine rings is 1. The van der Waals surface area contributed by atoms with Crippen LogP contribution >= 0.6 is 0 Å². The summed E-state index contributed by atoms with van der Waals surface area (Å²) in [5.74, 6) is -0.105. The minimum atomic E-state index is -0.404. The van der Waals surface area contributed by atoms with Crippen LogP contribution in [0.3, 0.4) is 0 Å². The van der Waals surface area contributed by atoms with Gasteiger partial charge in [-0.2, -0.15) is 0 Å². The number of carbonyl (C=O) groups excluding carboxylic acids is 1. The Kier molecular flexibility index (Phi) is 6.92. The van der Waals surface area contributed by atoms with Crippen molar-refractivity contribution in [2.75, 3.05) is 32.7 Å². The van der Waals surface area contributed by atoms with E-state index in [-0.39, 0.29) is 17.3 Å². The van der Waals surface area contributed by atoms with Crippen LogP contribution in [0.2, 0.25) is 0 Å². The minimum Gasteiger partial charge on any atom is -0.338 e. The van der Waals surface area contributed by atoms with E-state index in [1.807, 2.05) is 13.0 Å². The highest BCUT2D eigenvalue weighted by molar-refractivity contribution is 5.93. The molecule has 1 N–H and O–H groups in total. The quantitative estimate of drug-likeness (QED) is 0.793. The number of hydrogen-bond donors (Lipinski definition) is 1. The molecule has 150 valence electrons. The molecule has 1 fully saturated rings. The molecule has 7 heteroatoms. The van der Waals surface area contributed by atoms with Crippen molar-refractivity contribution in [1.29, 1.82) is 0 Å². The van der Waals surface area contributed by atoms with Crippen molar-refractivity contribution in [3.05, 3.63) is 64.1 Å². The van der Waals surface area contributed by atoms with Crippen LogP contribution in [0.4, 0.5) is 4.39 Å². The van der Waals surface area contributed by atoms with Crippen molar-refractivity contribution in [3.8, 4) is 0 Å². The van der Waals surface area contributed by atoms with Crippen molar-refractivity contribution in [2.45, 2.75) is 26.2 Å². The number of aromatic nitrogens is 2. The molecule has 0 bridgehead atoms. The first-order valence-electron chi connectivity index (χ1n) is 9.85. The van der Waals surface area contributed by atoms with Gasteiger partial charge in [-0.1, -0.05) is 12.1 Å². The summed E-state index contributed by atoms with van der Waals surface area (Å²) in [7, 11) is 0. The van der Waals surface area contributed by atoms with Gasteiger partial charge in [0.15, 0.2) is 0 Å². The van der Waals surface area contributed by atoms with Crippen molar-refractivity contribution in [2.24, 2.45) is 5.92 Å². The number of amides is 1. The number of carbonyl (C=O) groups is 1. The van der Waals surface area contributed by atoms with Gasteiger partial charge in [0.2, 0.25) is 0 Å². The topological polar surface area (TPSA) is 69.3 Å². The van der Waals surface area contributed by atoms with Gasteiger partial charge in [-0.15, -0.1) is 0 Å². The van der Waals surface area contributed by atoms with Gasteiger partial charge in [0.25, 0.3) is 11.5 Å². The molecule has 0 unspecified atom stereocenters. The van der Waals surface area contributed by atoms with E-state index in [0.717, 1.165) is 44.5 Å². The average Bonchev–Trinajstić information content (AvgIpc) is 2.71. The van der Waals surface area contributed by atoms with Crippen molar-refractivity contribution in [3.63, 3.8) is 0 Å². The molecule has 3 rings (SSSR count). The second-order valence-electron chi connectivity index (χ2n) is 7.33. The second-order valence-corrected chi connectivity index (χ2v) is 7.33.